The van der Waals surface area contributed by atoms with Crippen LogP contribution in [0, 0.1) is 0 Å². The van der Waals surface area contributed by atoms with E-state index < -0.39 is 0 Å². The number of rotatable bonds is 4. The Balaban J connectivity index is 3.01. The predicted molar refractivity (Wildman–Crippen MR) is 72.0 cm³/mol. The van der Waals surface area contributed by atoms with E-state index in [-0.39, 0.29) is 11.6 Å². The van der Waals surface area contributed by atoms with Crippen molar-refractivity contribution >= 4 is 0 Å². The molecule has 17 heavy (non-hydrogen) atoms. The van der Waals surface area contributed by atoms with Gasteiger partial charge >= 0.3 is 0 Å². The third kappa shape index (κ3) is 3.45. The van der Waals surface area contributed by atoms with Gasteiger partial charge in [-0.05, 0) is 45.0 Å². The summed E-state index contributed by atoms with van der Waals surface area (Å²) in [6.07, 6.45) is 0. The fourth-order valence-corrected chi connectivity index (χ4v) is 2.30. The Morgan fingerprint density at radius 1 is 1.24 bits per heavy atom. The second-order valence-electron chi connectivity index (χ2n) is 5.30. The van der Waals surface area contributed by atoms with Crippen LogP contribution in [0.4, 0.5) is 0 Å². The molecule has 0 bridgehead atoms. The van der Waals surface area contributed by atoms with Crippen LogP contribution in [0.3, 0.4) is 0 Å². The number of nitrogens with two attached hydrogens (primary N) is 1. The van der Waals surface area contributed by atoms with Crippen LogP contribution in [-0.2, 0) is 0 Å². The highest BCUT2D eigenvalue weighted by Gasteiger charge is 2.27. The topological polar surface area (TPSA) is 49.5 Å². The molecule has 0 amide bonds. The summed E-state index contributed by atoms with van der Waals surface area (Å²) in [5.41, 5.74) is 7.15. The molecule has 0 aliphatic rings. The molecule has 0 fully saturated rings. The molecule has 0 aliphatic heterocycles. The van der Waals surface area contributed by atoms with Gasteiger partial charge in [-0.2, -0.15) is 0 Å². The molecule has 0 aromatic heterocycles. The molecular weight excluding hydrogens is 212 g/mol. The molecule has 1 unspecified atom stereocenters. The zero-order valence-corrected chi connectivity index (χ0v) is 11.3. The molecule has 0 spiro atoms. The molecule has 1 aromatic rings. The Hall–Kier alpha value is -1.06. The number of benzene rings is 1. The van der Waals surface area contributed by atoms with E-state index in [0.717, 1.165) is 12.1 Å². The van der Waals surface area contributed by atoms with Crippen LogP contribution in [0.2, 0.25) is 0 Å². The van der Waals surface area contributed by atoms with Crippen molar-refractivity contribution in [2.75, 3.05) is 13.1 Å². The standard InChI is InChI=1S/C14H24N2O/c1-5-16(14(2,3)4)13(10-15)11-6-8-12(17)9-7-11/h6-9,13,17H,5,10,15H2,1-4H3. The lowest BCUT2D eigenvalue weighted by Crippen LogP contribution is -2.46. The first-order chi connectivity index (χ1) is 7.90. The van der Waals surface area contributed by atoms with Gasteiger partial charge in [-0.1, -0.05) is 19.1 Å². The lowest BCUT2D eigenvalue weighted by molar-refractivity contribution is 0.0919. The molecule has 0 radical (unpaired) electrons. The Morgan fingerprint density at radius 2 is 1.76 bits per heavy atom. The first-order valence-corrected chi connectivity index (χ1v) is 6.16. The molecule has 1 rings (SSSR count). The van der Waals surface area contributed by atoms with Gasteiger partial charge in [0, 0.05) is 18.1 Å². The maximum atomic E-state index is 9.32. The van der Waals surface area contributed by atoms with Gasteiger partial charge in [-0.15, -0.1) is 0 Å². The summed E-state index contributed by atoms with van der Waals surface area (Å²) in [7, 11) is 0. The molecule has 0 saturated carbocycles. The summed E-state index contributed by atoms with van der Waals surface area (Å²) in [5, 5.41) is 9.32. The minimum Gasteiger partial charge on any atom is -0.508 e. The van der Waals surface area contributed by atoms with Gasteiger partial charge in [0.25, 0.3) is 0 Å². The van der Waals surface area contributed by atoms with E-state index in [4.69, 9.17) is 5.73 Å². The number of hydrogen-bond donors (Lipinski definition) is 2. The molecular formula is C14H24N2O. The average molecular weight is 236 g/mol. The number of nitrogens with zero attached hydrogens (tertiary/aromatic N) is 1. The van der Waals surface area contributed by atoms with Gasteiger partial charge in [-0.25, -0.2) is 0 Å². The molecule has 0 saturated heterocycles. The highest BCUT2D eigenvalue weighted by molar-refractivity contribution is 5.28. The summed E-state index contributed by atoms with van der Waals surface area (Å²) in [4.78, 5) is 2.37. The molecule has 1 atom stereocenters. The van der Waals surface area contributed by atoms with E-state index in [1.165, 1.54) is 0 Å². The Morgan fingerprint density at radius 3 is 2.12 bits per heavy atom. The SMILES string of the molecule is CCN(C(CN)c1ccc(O)cc1)C(C)(C)C. The third-order valence-electron chi connectivity index (χ3n) is 3.08. The van der Waals surface area contributed by atoms with Gasteiger partial charge in [0.15, 0.2) is 0 Å². The van der Waals surface area contributed by atoms with E-state index in [1.54, 1.807) is 12.1 Å². The van der Waals surface area contributed by atoms with Gasteiger partial charge in [0.2, 0.25) is 0 Å². The molecule has 96 valence electrons. The van der Waals surface area contributed by atoms with E-state index in [0.29, 0.717) is 12.3 Å². The first kappa shape index (κ1) is 14.0. The van der Waals surface area contributed by atoms with Crippen LogP contribution < -0.4 is 5.73 Å². The predicted octanol–water partition coefficient (Wildman–Crippen LogP) is 2.51. The van der Waals surface area contributed by atoms with Crippen LogP contribution in [0.25, 0.3) is 0 Å². The van der Waals surface area contributed by atoms with Crippen molar-refractivity contribution in [1.29, 1.82) is 0 Å². The lowest BCUT2D eigenvalue weighted by atomic mass is 9.98. The van der Waals surface area contributed by atoms with Gasteiger partial charge in [0.05, 0.1) is 0 Å². The summed E-state index contributed by atoms with van der Waals surface area (Å²) in [6, 6.07) is 7.52. The maximum Gasteiger partial charge on any atom is 0.115 e. The maximum absolute atomic E-state index is 9.32. The molecule has 0 aliphatic carbocycles. The zero-order chi connectivity index (χ0) is 13.1. The lowest BCUT2D eigenvalue weighted by Gasteiger charge is -2.41. The normalized spacial score (nSPS) is 14.0. The number of hydrogen-bond acceptors (Lipinski definition) is 3. The van der Waals surface area contributed by atoms with Crippen LogP contribution in [0.1, 0.15) is 39.3 Å². The number of aromatic hydroxyl groups is 1. The summed E-state index contributed by atoms with van der Waals surface area (Å²) in [5.74, 6) is 0.295. The van der Waals surface area contributed by atoms with Crippen molar-refractivity contribution in [3.8, 4) is 5.75 Å². The van der Waals surface area contributed by atoms with Crippen molar-refractivity contribution in [2.24, 2.45) is 5.73 Å². The zero-order valence-electron chi connectivity index (χ0n) is 11.3. The van der Waals surface area contributed by atoms with Crippen LogP contribution in [0.15, 0.2) is 24.3 Å². The van der Waals surface area contributed by atoms with Crippen molar-refractivity contribution < 1.29 is 5.11 Å². The number of phenolic OH excluding ortho intramolecular Hbond substituents is 1. The van der Waals surface area contributed by atoms with Gasteiger partial charge in [0.1, 0.15) is 5.75 Å². The monoisotopic (exact) mass is 236 g/mol. The highest BCUT2D eigenvalue weighted by atomic mass is 16.3. The molecule has 0 heterocycles. The average Bonchev–Trinajstić information content (AvgIpc) is 2.25. The number of likely N-dealkylation sites (N-methyl/N-ethyl adjacent to an activating group) is 1. The fraction of sp³-hybridized carbons (Fsp3) is 0.571. The highest BCUT2D eigenvalue weighted by Crippen LogP contribution is 2.28. The van der Waals surface area contributed by atoms with Crippen LogP contribution in [0.5, 0.6) is 5.75 Å². The Bertz CT molecular complexity index is 340. The van der Waals surface area contributed by atoms with Gasteiger partial charge in [-0.3, -0.25) is 4.90 Å². The van der Waals surface area contributed by atoms with E-state index in [9.17, 15) is 5.11 Å². The molecule has 3 heteroatoms. The Labute approximate surface area is 104 Å². The quantitative estimate of drug-likeness (QED) is 0.844. The summed E-state index contributed by atoms with van der Waals surface area (Å²) >= 11 is 0. The molecule has 3 N–H and O–H groups in total. The Kier molecular flexibility index (Phi) is 4.54. The number of phenols is 1. The second kappa shape index (κ2) is 5.52. The molecule has 3 nitrogen and oxygen atoms in total. The van der Waals surface area contributed by atoms with E-state index in [2.05, 4.69) is 32.6 Å². The minimum atomic E-state index is 0.0800. The van der Waals surface area contributed by atoms with Crippen molar-refractivity contribution in [1.82, 2.24) is 4.90 Å². The van der Waals surface area contributed by atoms with Crippen molar-refractivity contribution in [2.45, 2.75) is 39.3 Å². The van der Waals surface area contributed by atoms with Crippen LogP contribution >= 0.6 is 0 Å². The van der Waals surface area contributed by atoms with Gasteiger partial charge < -0.3 is 10.8 Å². The molecule has 1 aromatic carbocycles. The van der Waals surface area contributed by atoms with E-state index >= 15 is 0 Å². The first-order valence-electron chi connectivity index (χ1n) is 6.16. The van der Waals surface area contributed by atoms with Crippen molar-refractivity contribution in [3.63, 3.8) is 0 Å². The van der Waals surface area contributed by atoms with Crippen molar-refractivity contribution in [3.05, 3.63) is 29.8 Å². The largest absolute Gasteiger partial charge is 0.508 e. The third-order valence-corrected chi connectivity index (χ3v) is 3.08. The summed E-state index contributed by atoms with van der Waals surface area (Å²) < 4.78 is 0. The minimum absolute atomic E-state index is 0.0800. The second-order valence-corrected chi connectivity index (χ2v) is 5.30. The smallest absolute Gasteiger partial charge is 0.115 e. The van der Waals surface area contributed by atoms with E-state index in [1.807, 2.05) is 12.1 Å². The van der Waals surface area contributed by atoms with Crippen LogP contribution in [-0.4, -0.2) is 28.6 Å². The summed E-state index contributed by atoms with van der Waals surface area (Å²) in [6.45, 7) is 10.3. The fourth-order valence-electron chi connectivity index (χ4n) is 2.30.